The molecule has 1 atom stereocenters. The Morgan fingerprint density at radius 2 is 2.20 bits per heavy atom. The molecule has 0 aromatic heterocycles. The molecule has 1 aromatic carbocycles. The van der Waals surface area contributed by atoms with Gasteiger partial charge in [-0.3, -0.25) is 9.69 Å². The lowest BCUT2D eigenvalue weighted by atomic mass is 9.97. The van der Waals surface area contributed by atoms with Gasteiger partial charge in [-0.05, 0) is 37.1 Å². The van der Waals surface area contributed by atoms with E-state index < -0.39 is 11.8 Å². The normalized spacial score (nSPS) is 19.8. The van der Waals surface area contributed by atoms with E-state index in [-0.39, 0.29) is 17.4 Å². The number of hydrogen-bond donors (Lipinski definition) is 2. The third kappa shape index (κ3) is 3.33. The maximum Gasteiger partial charge on any atom is 0.338 e. The SMILES string of the molecule is NC(=O)C1CCCN(Cc2ccc(C(=O)O)c(F)c2)C1. The number of aromatic carboxylic acids is 1. The average molecular weight is 280 g/mol. The van der Waals surface area contributed by atoms with Gasteiger partial charge in [-0.2, -0.15) is 0 Å². The fourth-order valence-electron chi connectivity index (χ4n) is 2.52. The van der Waals surface area contributed by atoms with Crippen LogP contribution in [-0.4, -0.2) is 35.0 Å². The van der Waals surface area contributed by atoms with Crippen LogP contribution in [0.15, 0.2) is 18.2 Å². The van der Waals surface area contributed by atoms with Crippen molar-refractivity contribution in [1.82, 2.24) is 4.90 Å². The summed E-state index contributed by atoms with van der Waals surface area (Å²) in [6.07, 6.45) is 1.67. The second-order valence-corrected chi connectivity index (χ2v) is 5.10. The lowest BCUT2D eigenvalue weighted by molar-refractivity contribution is -0.123. The van der Waals surface area contributed by atoms with Crippen molar-refractivity contribution in [2.24, 2.45) is 11.7 Å². The van der Waals surface area contributed by atoms with E-state index in [4.69, 9.17) is 10.8 Å². The summed E-state index contributed by atoms with van der Waals surface area (Å²) < 4.78 is 13.6. The summed E-state index contributed by atoms with van der Waals surface area (Å²) in [6, 6.07) is 4.10. The Hall–Kier alpha value is -1.95. The highest BCUT2D eigenvalue weighted by atomic mass is 19.1. The van der Waals surface area contributed by atoms with Crippen LogP contribution in [0, 0.1) is 11.7 Å². The summed E-state index contributed by atoms with van der Waals surface area (Å²) in [5.74, 6) is -2.48. The van der Waals surface area contributed by atoms with Crippen LogP contribution in [0.2, 0.25) is 0 Å². The van der Waals surface area contributed by atoms with Crippen LogP contribution < -0.4 is 5.73 Å². The van der Waals surface area contributed by atoms with E-state index >= 15 is 0 Å². The first-order chi connectivity index (χ1) is 9.47. The quantitative estimate of drug-likeness (QED) is 0.868. The number of nitrogens with zero attached hydrogens (tertiary/aromatic N) is 1. The number of hydrogen-bond acceptors (Lipinski definition) is 3. The van der Waals surface area contributed by atoms with E-state index in [9.17, 15) is 14.0 Å². The van der Waals surface area contributed by atoms with E-state index in [1.807, 2.05) is 4.90 Å². The van der Waals surface area contributed by atoms with Crippen LogP contribution in [0.25, 0.3) is 0 Å². The van der Waals surface area contributed by atoms with Gasteiger partial charge >= 0.3 is 5.97 Å². The van der Waals surface area contributed by atoms with Crippen LogP contribution in [0.1, 0.15) is 28.8 Å². The van der Waals surface area contributed by atoms with Gasteiger partial charge in [0.05, 0.1) is 11.5 Å². The molecule has 1 aliphatic heterocycles. The van der Waals surface area contributed by atoms with Gasteiger partial charge in [-0.15, -0.1) is 0 Å². The average Bonchev–Trinajstić information content (AvgIpc) is 2.38. The van der Waals surface area contributed by atoms with Crippen molar-refractivity contribution in [1.29, 1.82) is 0 Å². The number of carboxylic acid groups (broad SMARTS) is 1. The van der Waals surface area contributed by atoms with Crippen molar-refractivity contribution < 1.29 is 19.1 Å². The molecular formula is C14H17FN2O3. The highest BCUT2D eigenvalue weighted by molar-refractivity contribution is 5.87. The lowest BCUT2D eigenvalue weighted by Crippen LogP contribution is -2.40. The van der Waals surface area contributed by atoms with E-state index in [1.165, 1.54) is 12.1 Å². The molecule has 5 nitrogen and oxygen atoms in total. The molecule has 0 spiro atoms. The summed E-state index contributed by atoms with van der Waals surface area (Å²) in [7, 11) is 0. The van der Waals surface area contributed by atoms with Crippen LogP contribution in [-0.2, 0) is 11.3 Å². The van der Waals surface area contributed by atoms with E-state index in [0.717, 1.165) is 19.4 Å². The van der Waals surface area contributed by atoms with Gasteiger partial charge in [0.2, 0.25) is 5.91 Å². The number of halogens is 1. The number of likely N-dealkylation sites (tertiary alicyclic amines) is 1. The lowest BCUT2D eigenvalue weighted by Gasteiger charge is -2.31. The third-order valence-corrected chi connectivity index (χ3v) is 3.58. The topological polar surface area (TPSA) is 83.6 Å². The molecule has 6 heteroatoms. The minimum atomic E-state index is -1.28. The van der Waals surface area contributed by atoms with Gasteiger partial charge in [-0.25, -0.2) is 9.18 Å². The fraction of sp³-hybridized carbons (Fsp3) is 0.429. The van der Waals surface area contributed by atoms with Gasteiger partial charge in [0, 0.05) is 13.1 Å². The number of carbonyl (C=O) groups excluding carboxylic acids is 1. The predicted octanol–water partition coefficient (Wildman–Crippen LogP) is 1.22. The largest absolute Gasteiger partial charge is 0.478 e. The first-order valence-electron chi connectivity index (χ1n) is 6.50. The number of benzene rings is 1. The van der Waals surface area contributed by atoms with Crippen molar-refractivity contribution >= 4 is 11.9 Å². The molecular weight excluding hydrogens is 263 g/mol. The fourth-order valence-corrected chi connectivity index (χ4v) is 2.52. The Kier molecular flexibility index (Phi) is 4.34. The van der Waals surface area contributed by atoms with E-state index in [0.29, 0.717) is 18.7 Å². The maximum atomic E-state index is 13.6. The van der Waals surface area contributed by atoms with Gasteiger partial charge in [-0.1, -0.05) is 6.07 Å². The number of piperidine rings is 1. The van der Waals surface area contributed by atoms with E-state index in [1.54, 1.807) is 6.07 Å². The molecule has 0 bridgehead atoms. The Morgan fingerprint density at radius 3 is 2.80 bits per heavy atom. The van der Waals surface area contributed by atoms with Crippen molar-refractivity contribution in [2.45, 2.75) is 19.4 Å². The molecule has 1 aliphatic rings. The Balaban J connectivity index is 2.04. The second kappa shape index (κ2) is 6.00. The molecule has 1 aromatic rings. The molecule has 1 amide bonds. The zero-order chi connectivity index (χ0) is 14.7. The molecule has 1 heterocycles. The summed E-state index contributed by atoms with van der Waals surface area (Å²) in [5.41, 5.74) is 5.67. The number of carbonyl (C=O) groups is 2. The van der Waals surface area contributed by atoms with Crippen LogP contribution in [0.4, 0.5) is 4.39 Å². The first kappa shape index (κ1) is 14.5. The number of nitrogens with two attached hydrogens (primary N) is 1. The Bertz CT molecular complexity index is 533. The molecule has 0 radical (unpaired) electrons. The molecule has 1 saturated heterocycles. The highest BCUT2D eigenvalue weighted by Crippen LogP contribution is 2.19. The smallest absolute Gasteiger partial charge is 0.338 e. The molecule has 0 aliphatic carbocycles. The zero-order valence-corrected chi connectivity index (χ0v) is 11.0. The number of amides is 1. The molecule has 108 valence electrons. The summed E-state index contributed by atoms with van der Waals surface area (Å²) in [6.45, 7) is 1.88. The Morgan fingerprint density at radius 1 is 1.45 bits per heavy atom. The van der Waals surface area contributed by atoms with Crippen molar-refractivity contribution in [3.05, 3.63) is 35.1 Å². The highest BCUT2D eigenvalue weighted by Gasteiger charge is 2.24. The number of carboxylic acids is 1. The minimum absolute atomic E-state index is 0.160. The summed E-state index contributed by atoms with van der Waals surface area (Å²) >= 11 is 0. The Labute approximate surface area is 116 Å². The third-order valence-electron chi connectivity index (χ3n) is 3.58. The van der Waals surface area contributed by atoms with E-state index in [2.05, 4.69) is 0 Å². The van der Waals surface area contributed by atoms with Gasteiger partial charge in [0.1, 0.15) is 5.82 Å². The standard InChI is InChI=1S/C14H17FN2O3/c15-12-6-9(3-4-11(12)14(19)20)7-17-5-1-2-10(8-17)13(16)18/h3-4,6,10H,1-2,5,7-8H2,(H2,16,18)(H,19,20). The predicted molar refractivity (Wildman–Crippen MR) is 70.6 cm³/mol. The zero-order valence-electron chi connectivity index (χ0n) is 11.0. The van der Waals surface area contributed by atoms with Crippen molar-refractivity contribution in [3.63, 3.8) is 0 Å². The second-order valence-electron chi connectivity index (χ2n) is 5.10. The molecule has 1 fully saturated rings. The molecule has 20 heavy (non-hydrogen) atoms. The molecule has 1 unspecified atom stereocenters. The van der Waals surface area contributed by atoms with Crippen LogP contribution >= 0.6 is 0 Å². The van der Waals surface area contributed by atoms with Crippen LogP contribution in [0.3, 0.4) is 0 Å². The van der Waals surface area contributed by atoms with Crippen molar-refractivity contribution in [3.8, 4) is 0 Å². The number of rotatable bonds is 4. The van der Waals surface area contributed by atoms with Gasteiger partial charge < -0.3 is 10.8 Å². The minimum Gasteiger partial charge on any atom is -0.478 e. The maximum absolute atomic E-state index is 13.6. The summed E-state index contributed by atoms with van der Waals surface area (Å²) in [5, 5.41) is 8.77. The summed E-state index contributed by atoms with van der Waals surface area (Å²) in [4.78, 5) is 24.0. The van der Waals surface area contributed by atoms with Gasteiger partial charge in [0.15, 0.2) is 0 Å². The van der Waals surface area contributed by atoms with Crippen LogP contribution in [0.5, 0.6) is 0 Å². The number of primary amides is 1. The van der Waals surface area contributed by atoms with Gasteiger partial charge in [0.25, 0.3) is 0 Å². The molecule has 0 saturated carbocycles. The first-order valence-corrected chi connectivity index (χ1v) is 6.50. The molecule has 3 N–H and O–H groups in total. The van der Waals surface area contributed by atoms with Crippen molar-refractivity contribution in [2.75, 3.05) is 13.1 Å². The monoisotopic (exact) mass is 280 g/mol. The molecule has 2 rings (SSSR count).